The van der Waals surface area contributed by atoms with Crippen molar-refractivity contribution in [2.75, 3.05) is 19.6 Å². The lowest BCUT2D eigenvalue weighted by Crippen LogP contribution is -2.32. The molecule has 2 amide bonds. The Morgan fingerprint density at radius 1 is 1.03 bits per heavy atom. The van der Waals surface area contributed by atoms with E-state index in [2.05, 4.69) is 5.32 Å². The Labute approximate surface area is 168 Å². The average molecular weight is 409 g/mol. The molecule has 2 aromatic carbocycles. The molecule has 0 aromatic heterocycles. The molecular formula is C21H26F3N3O2. The van der Waals surface area contributed by atoms with Gasteiger partial charge in [-0.05, 0) is 43.6 Å². The van der Waals surface area contributed by atoms with Crippen molar-refractivity contribution in [3.63, 3.8) is 0 Å². The molecular weight excluding hydrogens is 383 g/mol. The molecule has 29 heavy (non-hydrogen) atoms. The number of nitrogens with zero attached hydrogens (tertiary/aromatic N) is 1. The van der Waals surface area contributed by atoms with Gasteiger partial charge in [0.2, 0.25) is 12.3 Å². The van der Waals surface area contributed by atoms with Crippen molar-refractivity contribution in [2.24, 2.45) is 5.73 Å². The number of carbonyl (C=O) groups excluding carboxylic acids is 2. The summed E-state index contributed by atoms with van der Waals surface area (Å²) in [5.74, 6) is -0.728. The molecule has 1 aliphatic rings. The van der Waals surface area contributed by atoms with E-state index in [-0.39, 0.29) is 18.7 Å². The molecule has 1 saturated heterocycles. The van der Waals surface area contributed by atoms with Crippen LogP contribution in [0.25, 0.3) is 0 Å². The lowest BCUT2D eigenvalue weighted by molar-refractivity contribution is -0.137. The van der Waals surface area contributed by atoms with Crippen LogP contribution in [0.1, 0.15) is 24.0 Å². The van der Waals surface area contributed by atoms with E-state index in [0.29, 0.717) is 6.41 Å². The largest absolute Gasteiger partial charge is 0.416 e. The molecule has 0 atom stereocenters. The van der Waals surface area contributed by atoms with Crippen molar-refractivity contribution in [3.8, 4) is 0 Å². The predicted octanol–water partition coefficient (Wildman–Crippen LogP) is 3.21. The molecule has 3 rings (SSSR count). The Hall–Kier alpha value is -2.87. The third-order valence-electron chi connectivity index (χ3n) is 3.77. The lowest BCUT2D eigenvalue weighted by atomic mass is 10.1. The first-order valence-electron chi connectivity index (χ1n) is 9.17. The van der Waals surface area contributed by atoms with Gasteiger partial charge in [0, 0.05) is 6.54 Å². The lowest BCUT2D eigenvalue weighted by Gasteiger charge is -2.16. The highest BCUT2D eigenvalue weighted by atomic mass is 19.4. The van der Waals surface area contributed by atoms with E-state index in [9.17, 15) is 22.8 Å². The quantitative estimate of drug-likeness (QED) is 0.745. The summed E-state index contributed by atoms with van der Waals surface area (Å²) in [4.78, 5) is 22.2. The van der Waals surface area contributed by atoms with Crippen molar-refractivity contribution in [2.45, 2.75) is 25.6 Å². The van der Waals surface area contributed by atoms with Gasteiger partial charge in [0.05, 0.1) is 12.1 Å². The fourth-order valence-electron chi connectivity index (χ4n) is 2.42. The average Bonchev–Trinajstić information content (AvgIpc) is 3.29. The van der Waals surface area contributed by atoms with Crippen LogP contribution in [0.4, 0.5) is 13.2 Å². The second kappa shape index (κ2) is 13.3. The van der Waals surface area contributed by atoms with Gasteiger partial charge in [0.25, 0.3) is 0 Å². The minimum atomic E-state index is -4.44. The molecule has 0 spiro atoms. The highest BCUT2D eigenvalue weighted by molar-refractivity contribution is 5.77. The Morgan fingerprint density at radius 2 is 1.59 bits per heavy atom. The Bertz CT molecular complexity index is 686. The van der Waals surface area contributed by atoms with E-state index in [4.69, 9.17) is 5.73 Å². The number of nitrogens with two attached hydrogens (primary N) is 1. The second-order valence-electron chi connectivity index (χ2n) is 6.29. The van der Waals surface area contributed by atoms with Gasteiger partial charge in [-0.2, -0.15) is 13.2 Å². The predicted molar refractivity (Wildman–Crippen MR) is 106 cm³/mol. The first kappa shape index (κ1) is 24.2. The number of carbonyl (C=O) groups is 2. The van der Waals surface area contributed by atoms with Crippen molar-refractivity contribution in [1.82, 2.24) is 10.2 Å². The third kappa shape index (κ3) is 11.5. The Kier molecular flexibility index (Phi) is 11.1. The second-order valence-corrected chi connectivity index (χ2v) is 6.29. The van der Waals surface area contributed by atoms with E-state index >= 15 is 0 Å². The number of amides is 2. The van der Waals surface area contributed by atoms with E-state index in [0.717, 1.165) is 17.0 Å². The molecule has 158 valence electrons. The molecule has 3 N–H and O–H groups in total. The van der Waals surface area contributed by atoms with Crippen LogP contribution in [0.2, 0.25) is 0 Å². The highest BCUT2D eigenvalue weighted by Crippen LogP contribution is 2.29. The smallest absolute Gasteiger partial charge is 0.368 e. The Morgan fingerprint density at radius 3 is 1.97 bits per heavy atom. The third-order valence-corrected chi connectivity index (χ3v) is 3.77. The number of hydrogen-bond acceptors (Lipinski definition) is 3. The molecule has 0 radical (unpaired) electrons. The van der Waals surface area contributed by atoms with Gasteiger partial charge in [-0.25, -0.2) is 0 Å². The molecule has 1 heterocycles. The number of alkyl halides is 3. The maximum atomic E-state index is 12.4. The van der Waals surface area contributed by atoms with E-state index in [1.165, 1.54) is 38.1 Å². The van der Waals surface area contributed by atoms with Gasteiger partial charge < -0.3 is 16.0 Å². The standard InChI is InChI=1S/C11H11F3N2O2.C6H6.C4H9N/c12-11(13,14)9-3-1-2-8(4-9)5-16(7-17)6-10(15)18;1-2-4-6-5-3-1;1-2-4-5-3-1/h1-4,7H,5-6H2,(H2,15,18);1-6H;5H,1-4H2. The number of halogens is 3. The monoisotopic (exact) mass is 409 g/mol. The van der Waals surface area contributed by atoms with Crippen molar-refractivity contribution in [3.05, 3.63) is 71.8 Å². The van der Waals surface area contributed by atoms with Gasteiger partial charge >= 0.3 is 6.18 Å². The summed E-state index contributed by atoms with van der Waals surface area (Å²) in [6.07, 6.45) is -1.29. The first-order valence-corrected chi connectivity index (χ1v) is 9.17. The maximum absolute atomic E-state index is 12.4. The molecule has 0 saturated carbocycles. The SMILES string of the molecule is C1CCNC1.NC(=O)CN(C=O)Cc1cccc(C(F)(F)F)c1.c1ccccc1. The summed E-state index contributed by atoms with van der Waals surface area (Å²) in [7, 11) is 0. The van der Waals surface area contributed by atoms with E-state index < -0.39 is 17.6 Å². The summed E-state index contributed by atoms with van der Waals surface area (Å²) in [6.45, 7) is 2.07. The summed E-state index contributed by atoms with van der Waals surface area (Å²) in [6, 6.07) is 16.5. The van der Waals surface area contributed by atoms with Crippen LogP contribution in [0.3, 0.4) is 0 Å². The molecule has 1 fully saturated rings. The van der Waals surface area contributed by atoms with Crippen molar-refractivity contribution in [1.29, 1.82) is 0 Å². The van der Waals surface area contributed by atoms with Crippen LogP contribution in [0.15, 0.2) is 60.7 Å². The number of primary amides is 1. The highest BCUT2D eigenvalue weighted by Gasteiger charge is 2.30. The van der Waals surface area contributed by atoms with E-state index in [1.54, 1.807) is 0 Å². The summed E-state index contributed by atoms with van der Waals surface area (Å²) in [5, 5.41) is 3.22. The van der Waals surface area contributed by atoms with Gasteiger partial charge in [-0.3, -0.25) is 9.59 Å². The van der Waals surface area contributed by atoms with Crippen LogP contribution in [0, 0.1) is 0 Å². The normalized spacial score (nSPS) is 12.7. The van der Waals surface area contributed by atoms with E-state index in [1.807, 2.05) is 36.4 Å². The molecule has 0 unspecified atom stereocenters. The molecule has 0 aliphatic carbocycles. The summed E-state index contributed by atoms with van der Waals surface area (Å²) >= 11 is 0. The molecule has 8 heteroatoms. The summed E-state index contributed by atoms with van der Waals surface area (Å²) in [5.41, 5.74) is 4.38. The van der Waals surface area contributed by atoms with Crippen LogP contribution in [-0.4, -0.2) is 36.9 Å². The fraction of sp³-hybridized carbons (Fsp3) is 0.333. The van der Waals surface area contributed by atoms with Crippen LogP contribution < -0.4 is 11.1 Å². The van der Waals surface area contributed by atoms with Gasteiger partial charge in [0.15, 0.2) is 0 Å². The molecule has 2 aromatic rings. The molecule has 1 aliphatic heterocycles. The molecule has 0 bridgehead atoms. The minimum Gasteiger partial charge on any atom is -0.368 e. The van der Waals surface area contributed by atoms with Gasteiger partial charge in [-0.15, -0.1) is 0 Å². The van der Waals surface area contributed by atoms with Crippen LogP contribution >= 0.6 is 0 Å². The molecule has 5 nitrogen and oxygen atoms in total. The summed E-state index contributed by atoms with van der Waals surface area (Å²) < 4.78 is 37.3. The minimum absolute atomic E-state index is 0.101. The van der Waals surface area contributed by atoms with Crippen molar-refractivity contribution < 1.29 is 22.8 Å². The zero-order valence-electron chi connectivity index (χ0n) is 16.1. The van der Waals surface area contributed by atoms with Crippen LogP contribution in [-0.2, 0) is 22.3 Å². The van der Waals surface area contributed by atoms with Crippen LogP contribution in [0.5, 0.6) is 0 Å². The van der Waals surface area contributed by atoms with Gasteiger partial charge in [-0.1, -0.05) is 48.5 Å². The Balaban J connectivity index is 0.000000305. The number of rotatable bonds is 5. The number of nitrogens with one attached hydrogen (secondary N) is 1. The number of benzene rings is 2. The zero-order chi connectivity index (χ0) is 21.5. The maximum Gasteiger partial charge on any atom is 0.416 e. The fourth-order valence-corrected chi connectivity index (χ4v) is 2.42. The topological polar surface area (TPSA) is 75.4 Å². The number of hydrogen-bond donors (Lipinski definition) is 2. The first-order chi connectivity index (χ1) is 13.8. The van der Waals surface area contributed by atoms with Gasteiger partial charge in [0.1, 0.15) is 0 Å². The zero-order valence-corrected chi connectivity index (χ0v) is 16.1. The van der Waals surface area contributed by atoms with Crippen molar-refractivity contribution >= 4 is 12.3 Å².